The molecule has 0 aliphatic heterocycles. The molecule has 2 aromatic carbocycles. The van der Waals surface area contributed by atoms with Crippen molar-refractivity contribution in [1.82, 2.24) is 0 Å². The zero-order valence-corrected chi connectivity index (χ0v) is 14.0. The van der Waals surface area contributed by atoms with E-state index < -0.39 is 0 Å². The zero-order chi connectivity index (χ0) is 14.5. The van der Waals surface area contributed by atoms with E-state index in [1.54, 1.807) is 30.0 Å². The average Bonchev–Trinajstić information content (AvgIpc) is 2.44. The van der Waals surface area contributed by atoms with Crippen LogP contribution < -0.4 is 5.32 Å². The number of hydrogen-bond donors (Lipinski definition) is 1. The van der Waals surface area contributed by atoms with Crippen LogP contribution >= 0.6 is 39.3 Å². The Morgan fingerprint density at radius 1 is 1.30 bits per heavy atom. The van der Waals surface area contributed by atoms with Gasteiger partial charge in [-0.1, -0.05) is 30.7 Å². The van der Waals surface area contributed by atoms with Gasteiger partial charge in [0, 0.05) is 14.9 Å². The zero-order valence-electron chi connectivity index (χ0n) is 10.8. The van der Waals surface area contributed by atoms with Crippen molar-refractivity contribution in [1.29, 1.82) is 0 Å². The van der Waals surface area contributed by atoms with Crippen molar-refractivity contribution in [3.05, 3.63) is 57.5 Å². The van der Waals surface area contributed by atoms with Crippen molar-refractivity contribution in [2.75, 3.05) is 11.1 Å². The maximum Gasteiger partial charge on any atom is 0.255 e. The number of hydrogen-bond acceptors (Lipinski definition) is 2. The summed E-state index contributed by atoms with van der Waals surface area (Å²) < 4.78 is 0.776. The van der Waals surface area contributed by atoms with Crippen LogP contribution in [0.2, 0.25) is 5.02 Å². The Balaban J connectivity index is 2.21. The van der Waals surface area contributed by atoms with Crippen molar-refractivity contribution in [3.63, 3.8) is 0 Å². The number of amides is 1. The topological polar surface area (TPSA) is 29.1 Å². The van der Waals surface area contributed by atoms with Crippen LogP contribution in [0.4, 0.5) is 5.69 Å². The van der Waals surface area contributed by atoms with Crippen LogP contribution in [0.5, 0.6) is 0 Å². The highest BCUT2D eigenvalue weighted by Gasteiger charge is 2.10. The Labute approximate surface area is 136 Å². The molecule has 0 spiro atoms. The second-order valence-corrected chi connectivity index (χ2v) is 6.58. The molecule has 104 valence electrons. The lowest BCUT2D eigenvalue weighted by atomic mass is 10.2. The van der Waals surface area contributed by atoms with Gasteiger partial charge in [-0.25, -0.2) is 0 Å². The molecule has 20 heavy (non-hydrogen) atoms. The van der Waals surface area contributed by atoms with Crippen LogP contribution in [-0.2, 0) is 0 Å². The molecule has 0 heterocycles. The van der Waals surface area contributed by atoms with Gasteiger partial charge in [-0.15, -0.1) is 11.8 Å². The summed E-state index contributed by atoms with van der Waals surface area (Å²) in [6.07, 6.45) is 0. The van der Waals surface area contributed by atoms with Crippen LogP contribution in [0.3, 0.4) is 0 Å². The number of rotatable bonds is 4. The third-order valence-corrected chi connectivity index (χ3v) is 4.81. The lowest BCUT2D eigenvalue weighted by Crippen LogP contribution is -2.12. The number of carbonyl (C=O) groups excluding carboxylic acids is 1. The van der Waals surface area contributed by atoms with Crippen molar-refractivity contribution >= 4 is 50.9 Å². The van der Waals surface area contributed by atoms with Gasteiger partial charge in [-0.05, 0) is 52.0 Å². The van der Waals surface area contributed by atoms with Gasteiger partial charge in [0.1, 0.15) is 0 Å². The van der Waals surface area contributed by atoms with Crippen molar-refractivity contribution < 1.29 is 4.79 Å². The summed E-state index contributed by atoms with van der Waals surface area (Å²) in [7, 11) is 0. The fourth-order valence-corrected chi connectivity index (χ4v) is 2.87. The second kappa shape index (κ2) is 7.16. The minimum atomic E-state index is -0.163. The maximum atomic E-state index is 12.2. The first-order valence-corrected chi connectivity index (χ1v) is 8.25. The van der Waals surface area contributed by atoms with E-state index in [-0.39, 0.29) is 5.91 Å². The molecule has 0 saturated heterocycles. The Kier molecular flexibility index (Phi) is 5.52. The third-order valence-electron chi connectivity index (χ3n) is 2.62. The molecule has 0 aliphatic rings. The van der Waals surface area contributed by atoms with Crippen molar-refractivity contribution in [2.45, 2.75) is 11.8 Å². The van der Waals surface area contributed by atoms with Crippen LogP contribution in [-0.4, -0.2) is 11.7 Å². The summed E-state index contributed by atoms with van der Waals surface area (Å²) >= 11 is 11.0. The Hall–Kier alpha value is -0.970. The van der Waals surface area contributed by atoms with E-state index in [1.165, 1.54) is 0 Å². The summed E-state index contributed by atoms with van der Waals surface area (Å²) in [5, 5.41) is 3.45. The van der Waals surface area contributed by atoms with Gasteiger partial charge in [-0.3, -0.25) is 4.79 Å². The van der Waals surface area contributed by atoms with Gasteiger partial charge in [0.2, 0.25) is 0 Å². The highest BCUT2D eigenvalue weighted by atomic mass is 79.9. The first-order valence-electron chi connectivity index (χ1n) is 6.10. The molecule has 0 unspecified atom stereocenters. The largest absolute Gasteiger partial charge is 0.321 e. The molecule has 5 heteroatoms. The maximum absolute atomic E-state index is 12.2. The summed E-state index contributed by atoms with van der Waals surface area (Å²) in [5.74, 6) is 0.792. The van der Waals surface area contributed by atoms with Gasteiger partial charge in [0.15, 0.2) is 0 Å². The number of nitrogens with one attached hydrogen (secondary N) is 1. The lowest BCUT2D eigenvalue weighted by molar-refractivity contribution is 0.102. The van der Waals surface area contributed by atoms with Crippen LogP contribution in [0, 0.1) is 0 Å². The number of halogens is 2. The van der Waals surface area contributed by atoms with E-state index >= 15 is 0 Å². The molecule has 0 atom stereocenters. The van der Waals surface area contributed by atoms with Gasteiger partial charge in [0.25, 0.3) is 5.91 Å². The van der Waals surface area contributed by atoms with E-state index in [1.807, 2.05) is 24.3 Å². The number of para-hydroxylation sites is 1. The Bertz CT molecular complexity index is 633. The summed E-state index contributed by atoms with van der Waals surface area (Å²) in [4.78, 5) is 13.3. The van der Waals surface area contributed by atoms with Crippen LogP contribution in [0.1, 0.15) is 17.3 Å². The normalized spacial score (nSPS) is 10.3. The summed E-state index contributed by atoms with van der Waals surface area (Å²) in [6, 6.07) is 12.9. The molecule has 2 aromatic rings. The predicted molar refractivity (Wildman–Crippen MR) is 89.9 cm³/mol. The van der Waals surface area contributed by atoms with Gasteiger partial charge >= 0.3 is 0 Å². The van der Waals surface area contributed by atoms with E-state index in [0.29, 0.717) is 10.6 Å². The Morgan fingerprint density at radius 3 is 2.75 bits per heavy atom. The first-order chi connectivity index (χ1) is 9.61. The molecule has 0 aliphatic carbocycles. The lowest BCUT2D eigenvalue weighted by Gasteiger charge is -2.10. The molecule has 0 aromatic heterocycles. The van der Waals surface area contributed by atoms with Crippen molar-refractivity contribution in [2.24, 2.45) is 0 Å². The molecule has 2 nitrogen and oxygen atoms in total. The molecular formula is C15H13BrClNOS. The highest BCUT2D eigenvalue weighted by molar-refractivity contribution is 9.10. The number of benzene rings is 2. The predicted octanol–water partition coefficient (Wildman–Crippen LogP) is 5.47. The first kappa shape index (κ1) is 15.4. The average molecular weight is 371 g/mol. The van der Waals surface area contributed by atoms with Gasteiger partial charge < -0.3 is 5.32 Å². The van der Waals surface area contributed by atoms with E-state index in [0.717, 1.165) is 20.8 Å². The molecule has 2 rings (SSSR count). The summed E-state index contributed by atoms with van der Waals surface area (Å²) in [5.41, 5.74) is 1.36. The number of carbonyl (C=O) groups is 1. The Morgan fingerprint density at radius 2 is 2.05 bits per heavy atom. The fraction of sp³-hybridized carbons (Fsp3) is 0.133. The van der Waals surface area contributed by atoms with Crippen molar-refractivity contribution in [3.8, 4) is 0 Å². The molecular weight excluding hydrogens is 358 g/mol. The quantitative estimate of drug-likeness (QED) is 0.723. The molecule has 1 amide bonds. The van der Waals surface area contributed by atoms with E-state index in [9.17, 15) is 4.79 Å². The molecule has 0 fully saturated rings. The van der Waals surface area contributed by atoms with Gasteiger partial charge in [-0.2, -0.15) is 0 Å². The van der Waals surface area contributed by atoms with E-state index in [2.05, 4.69) is 28.2 Å². The molecule has 1 N–H and O–H groups in total. The van der Waals surface area contributed by atoms with Crippen LogP contribution in [0.15, 0.2) is 51.8 Å². The number of anilines is 1. The SMILES string of the molecule is CCSc1ccccc1NC(=O)c1ccc(Br)c(Cl)c1. The monoisotopic (exact) mass is 369 g/mol. The van der Waals surface area contributed by atoms with Gasteiger partial charge in [0.05, 0.1) is 10.7 Å². The molecule has 0 bridgehead atoms. The number of thioether (sulfide) groups is 1. The summed E-state index contributed by atoms with van der Waals surface area (Å²) in [6.45, 7) is 2.08. The molecule has 0 saturated carbocycles. The second-order valence-electron chi connectivity index (χ2n) is 4.01. The fourth-order valence-electron chi connectivity index (χ4n) is 1.68. The van der Waals surface area contributed by atoms with E-state index in [4.69, 9.17) is 11.6 Å². The van der Waals surface area contributed by atoms with Crippen LogP contribution in [0.25, 0.3) is 0 Å². The molecule has 0 radical (unpaired) electrons. The minimum Gasteiger partial charge on any atom is -0.321 e. The highest BCUT2D eigenvalue weighted by Crippen LogP contribution is 2.28. The third kappa shape index (κ3) is 3.78. The smallest absolute Gasteiger partial charge is 0.255 e. The minimum absolute atomic E-state index is 0.163. The standard InChI is InChI=1S/C15H13BrClNOS/c1-2-20-14-6-4-3-5-13(14)18-15(19)10-7-8-11(16)12(17)9-10/h3-9H,2H2,1H3,(H,18,19).